The number of amides is 2. The van der Waals surface area contributed by atoms with Crippen LogP contribution < -0.4 is 5.32 Å². The Labute approximate surface area is 176 Å². The Balaban J connectivity index is 1.66. The maximum atomic E-state index is 12.6. The maximum absolute atomic E-state index is 12.6. The molecule has 1 fully saturated rings. The fraction of sp³-hybridized carbons (Fsp3) is 0.348. The first-order valence-electron chi connectivity index (χ1n) is 9.89. The van der Waals surface area contributed by atoms with Crippen LogP contribution in [0.3, 0.4) is 0 Å². The van der Waals surface area contributed by atoms with E-state index in [2.05, 4.69) is 31.1 Å². The molecule has 0 saturated carbocycles. The van der Waals surface area contributed by atoms with Crippen molar-refractivity contribution in [1.29, 1.82) is 0 Å². The maximum Gasteiger partial charge on any atom is 0.242 e. The van der Waals surface area contributed by atoms with Crippen molar-refractivity contribution in [2.75, 3.05) is 12.4 Å². The summed E-state index contributed by atoms with van der Waals surface area (Å²) in [7, 11) is 1.71. The molecule has 1 saturated heterocycles. The van der Waals surface area contributed by atoms with Crippen molar-refractivity contribution in [3.63, 3.8) is 0 Å². The van der Waals surface area contributed by atoms with Crippen molar-refractivity contribution in [2.45, 2.75) is 44.8 Å². The number of aryl methyl sites for hydroxylation is 1. The minimum absolute atomic E-state index is 0.0898. The number of anilines is 1. The molecule has 6 heteroatoms. The first kappa shape index (κ1) is 21.1. The number of rotatable bonds is 6. The van der Waals surface area contributed by atoms with E-state index >= 15 is 0 Å². The minimum atomic E-state index is -0.456. The Morgan fingerprint density at radius 3 is 2.52 bits per heavy atom. The quantitative estimate of drug-likeness (QED) is 0.733. The van der Waals surface area contributed by atoms with Crippen molar-refractivity contribution in [3.8, 4) is 0 Å². The molecule has 29 heavy (non-hydrogen) atoms. The van der Waals surface area contributed by atoms with E-state index in [0.717, 1.165) is 23.4 Å². The van der Waals surface area contributed by atoms with Gasteiger partial charge in [-0.05, 0) is 41.7 Å². The Morgan fingerprint density at radius 2 is 1.86 bits per heavy atom. The predicted octanol–water partition coefficient (Wildman–Crippen LogP) is 4.96. The first-order valence-corrected chi connectivity index (χ1v) is 10.8. The van der Waals surface area contributed by atoms with Gasteiger partial charge in [0.2, 0.25) is 11.8 Å². The van der Waals surface area contributed by atoms with Crippen LogP contribution >= 0.6 is 11.8 Å². The zero-order chi connectivity index (χ0) is 21.0. The lowest BCUT2D eigenvalue weighted by molar-refractivity contribution is -0.127. The van der Waals surface area contributed by atoms with Crippen LogP contribution in [0.15, 0.2) is 53.5 Å². The molecule has 2 aromatic rings. The summed E-state index contributed by atoms with van der Waals surface area (Å²) in [6, 6.07) is 15.7. The molecule has 1 N–H and O–H groups in total. The van der Waals surface area contributed by atoms with E-state index in [9.17, 15) is 9.59 Å². The van der Waals surface area contributed by atoms with Crippen LogP contribution in [0.5, 0.6) is 0 Å². The van der Waals surface area contributed by atoms with Crippen LogP contribution in [0.2, 0.25) is 0 Å². The van der Waals surface area contributed by atoms with E-state index in [0.29, 0.717) is 11.1 Å². The number of benzene rings is 2. The van der Waals surface area contributed by atoms with Gasteiger partial charge in [0.1, 0.15) is 5.25 Å². The zero-order valence-electron chi connectivity index (χ0n) is 17.3. The molecule has 3 rings (SSSR count). The highest BCUT2D eigenvalue weighted by Gasteiger charge is 2.37. The lowest BCUT2D eigenvalue weighted by Crippen LogP contribution is -2.30. The van der Waals surface area contributed by atoms with Gasteiger partial charge in [0.15, 0.2) is 5.17 Å². The van der Waals surface area contributed by atoms with Gasteiger partial charge in [-0.3, -0.25) is 14.5 Å². The number of thioether (sulfide) groups is 1. The molecule has 0 radical (unpaired) electrons. The van der Waals surface area contributed by atoms with Gasteiger partial charge < -0.3 is 5.32 Å². The van der Waals surface area contributed by atoms with Gasteiger partial charge in [-0.25, -0.2) is 4.99 Å². The second-order valence-electron chi connectivity index (χ2n) is 7.41. The average molecular weight is 410 g/mol. The molecule has 1 atom stereocenters. The van der Waals surface area contributed by atoms with Crippen LogP contribution in [0, 0.1) is 0 Å². The molecule has 0 bridgehead atoms. The second-order valence-corrected chi connectivity index (χ2v) is 8.58. The summed E-state index contributed by atoms with van der Waals surface area (Å²) in [5.41, 5.74) is 3.97. The molecule has 0 aliphatic carbocycles. The third-order valence-electron chi connectivity index (χ3n) is 4.96. The molecule has 5 nitrogen and oxygen atoms in total. The van der Waals surface area contributed by atoms with Crippen molar-refractivity contribution < 1.29 is 9.59 Å². The lowest BCUT2D eigenvalue weighted by Gasteiger charge is -2.10. The van der Waals surface area contributed by atoms with Crippen molar-refractivity contribution in [2.24, 2.45) is 4.99 Å². The monoisotopic (exact) mass is 409 g/mol. The number of hydrogen-bond donors (Lipinski definition) is 1. The summed E-state index contributed by atoms with van der Waals surface area (Å²) in [6.45, 7) is 6.34. The summed E-state index contributed by atoms with van der Waals surface area (Å²) in [5, 5.41) is 3.07. The average Bonchev–Trinajstić information content (AvgIpc) is 2.96. The van der Waals surface area contributed by atoms with Gasteiger partial charge in [0, 0.05) is 19.2 Å². The minimum Gasteiger partial charge on any atom is -0.326 e. The smallest absolute Gasteiger partial charge is 0.242 e. The third-order valence-corrected chi connectivity index (χ3v) is 6.19. The highest BCUT2D eigenvalue weighted by Crippen LogP contribution is 2.32. The first-order chi connectivity index (χ1) is 13.9. The molecule has 152 valence electrons. The van der Waals surface area contributed by atoms with Crippen LogP contribution in [0.4, 0.5) is 11.4 Å². The summed E-state index contributed by atoms with van der Waals surface area (Å²) in [4.78, 5) is 31.3. The molecule has 1 aliphatic rings. The van der Waals surface area contributed by atoms with E-state index < -0.39 is 5.25 Å². The standard InChI is InChI=1S/C23H27N3O2S/c1-5-16-8-6-7-9-19(16)25-23-26(4)22(28)20(29-23)14-21(27)24-18-12-10-17(11-13-18)15(2)3/h6-13,15,20H,5,14H2,1-4H3,(H,24,27)/t20-/m0/s1. The highest BCUT2D eigenvalue weighted by molar-refractivity contribution is 8.15. The van der Waals surface area contributed by atoms with Gasteiger partial charge in [0.25, 0.3) is 0 Å². The van der Waals surface area contributed by atoms with Gasteiger partial charge in [-0.2, -0.15) is 0 Å². The summed E-state index contributed by atoms with van der Waals surface area (Å²) in [5.74, 6) is 0.183. The molecule has 0 spiro atoms. The summed E-state index contributed by atoms with van der Waals surface area (Å²) >= 11 is 1.35. The number of nitrogens with zero attached hydrogens (tertiary/aromatic N) is 2. The molecule has 0 unspecified atom stereocenters. The van der Waals surface area contributed by atoms with E-state index in [1.807, 2.05) is 48.5 Å². The lowest BCUT2D eigenvalue weighted by atomic mass is 10.0. The second kappa shape index (κ2) is 9.27. The van der Waals surface area contributed by atoms with E-state index in [4.69, 9.17) is 0 Å². The number of nitrogens with one attached hydrogen (secondary N) is 1. The Morgan fingerprint density at radius 1 is 1.17 bits per heavy atom. The van der Waals surface area contributed by atoms with Crippen LogP contribution in [0.1, 0.15) is 44.2 Å². The van der Waals surface area contributed by atoms with Gasteiger partial charge in [0.05, 0.1) is 5.69 Å². The van der Waals surface area contributed by atoms with E-state index in [1.165, 1.54) is 17.3 Å². The zero-order valence-corrected chi connectivity index (χ0v) is 18.1. The van der Waals surface area contributed by atoms with Crippen LogP contribution in [0.25, 0.3) is 0 Å². The van der Waals surface area contributed by atoms with E-state index in [-0.39, 0.29) is 18.2 Å². The molecule has 0 aromatic heterocycles. The number of aliphatic imine (C=N–C) groups is 1. The molecular formula is C23H27N3O2S. The number of hydrogen-bond acceptors (Lipinski definition) is 4. The van der Waals surface area contributed by atoms with Crippen LogP contribution in [-0.4, -0.2) is 34.2 Å². The SMILES string of the molecule is CCc1ccccc1N=C1S[C@@H](CC(=O)Nc2ccc(C(C)C)cc2)C(=O)N1C. The largest absolute Gasteiger partial charge is 0.326 e. The van der Waals surface area contributed by atoms with Crippen molar-refractivity contribution in [3.05, 3.63) is 59.7 Å². The Bertz CT molecular complexity index is 922. The molecule has 2 amide bonds. The Hall–Kier alpha value is -2.60. The predicted molar refractivity (Wildman–Crippen MR) is 121 cm³/mol. The fourth-order valence-electron chi connectivity index (χ4n) is 3.15. The third kappa shape index (κ3) is 5.07. The molecule has 1 aliphatic heterocycles. The molecule has 2 aromatic carbocycles. The van der Waals surface area contributed by atoms with Gasteiger partial charge in [-0.15, -0.1) is 0 Å². The summed E-state index contributed by atoms with van der Waals surface area (Å²) in [6.07, 6.45) is 0.991. The van der Waals surface area contributed by atoms with Crippen molar-refractivity contribution >= 4 is 40.1 Å². The fourth-order valence-corrected chi connectivity index (χ4v) is 4.30. The number of carbonyl (C=O) groups is 2. The highest BCUT2D eigenvalue weighted by atomic mass is 32.2. The number of carbonyl (C=O) groups excluding carboxylic acids is 2. The topological polar surface area (TPSA) is 61.8 Å². The van der Waals surface area contributed by atoms with Crippen molar-refractivity contribution in [1.82, 2.24) is 4.90 Å². The van der Waals surface area contributed by atoms with Crippen LogP contribution in [-0.2, 0) is 16.0 Å². The van der Waals surface area contributed by atoms with E-state index in [1.54, 1.807) is 11.9 Å². The molecule has 1 heterocycles. The van der Waals surface area contributed by atoms with Gasteiger partial charge >= 0.3 is 0 Å². The molecular weight excluding hydrogens is 382 g/mol. The Kier molecular flexibility index (Phi) is 6.75. The normalized spacial score (nSPS) is 18.0. The summed E-state index contributed by atoms with van der Waals surface area (Å²) < 4.78 is 0. The van der Waals surface area contributed by atoms with Gasteiger partial charge in [-0.1, -0.05) is 62.9 Å². The number of amidine groups is 1. The number of para-hydroxylation sites is 1.